The third kappa shape index (κ3) is 4.35. The van der Waals surface area contributed by atoms with Gasteiger partial charge >= 0.3 is 5.97 Å². The van der Waals surface area contributed by atoms with E-state index in [0.29, 0.717) is 11.3 Å². The summed E-state index contributed by atoms with van der Waals surface area (Å²) in [5.41, 5.74) is 3.76. The van der Waals surface area contributed by atoms with E-state index in [4.69, 9.17) is 14.7 Å². The second-order valence-corrected chi connectivity index (χ2v) is 5.02. The summed E-state index contributed by atoms with van der Waals surface area (Å²) < 4.78 is 10.5. The zero-order valence-electron chi connectivity index (χ0n) is 12.6. The number of rotatable bonds is 5. The SMILES string of the molecule is Cc1ccc(C)c(COC(=O)COc2ccc(C#N)cc2)c1. The van der Waals surface area contributed by atoms with E-state index in [9.17, 15) is 4.79 Å². The van der Waals surface area contributed by atoms with Crippen molar-refractivity contribution in [2.75, 3.05) is 6.61 Å². The maximum Gasteiger partial charge on any atom is 0.344 e. The van der Waals surface area contributed by atoms with Gasteiger partial charge in [-0.15, -0.1) is 0 Å². The summed E-state index contributed by atoms with van der Waals surface area (Å²) in [4.78, 5) is 11.7. The molecule has 0 fully saturated rings. The highest BCUT2D eigenvalue weighted by molar-refractivity contribution is 5.71. The monoisotopic (exact) mass is 295 g/mol. The second-order valence-electron chi connectivity index (χ2n) is 5.02. The van der Waals surface area contributed by atoms with Gasteiger partial charge in [-0.1, -0.05) is 23.8 Å². The highest BCUT2D eigenvalue weighted by Gasteiger charge is 2.07. The predicted octanol–water partition coefficient (Wildman–Crippen LogP) is 3.30. The van der Waals surface area contributed by atoms with Crippen LogP contribution in [0.3, 0.4) is 0 Å². The molecule has 4 nitrogen and oxygen atoms in total. The summed E-state index contributed by atoms with van der Waals surface area (Å²) in [7, 11) is 0. The molecule has 0 aliphatic carbocycles. The number of esters is 1. The molecule has 0 spiro atoms. The van der Waals surface area contributed by atoms with Gasteiger partial charge in [0.15, 0.2) is 6.61 Å². The van der Waals surface area contributed by atoms with Crippen molar-refractivity contribution in [3.05, 3.63) is 64.7 Å². The van der Waals surface area contributed by atoms with Gasteiger partial charge in [0, 0.05) is 0 Å². The average Bonchev–Trinajstić information content (AvgIpc) is 2.54. The fourth-order valence-corrected chi connectivity index (χ4v) is 1.92. The third-order valence-corrected chi connectivity index (χ3v) is 3.23. The van der Waals surface area contributed by atoms with E-state index in [-0.39, 0.29) is 13.2 Å². The van der Waals surface area contributed by atoms with Crippen LogP contribution in [0, 0.1) is 25.2 Å². The highest BCUT2D eigenvalue weighted by Crippen LogP contribution is 2.13. The molecule has 2 aromatic rings. The van der Waals surface area contributed by atoms with Crippen LogP contribution >= 0.6 is 0 Å². The van der Waals surface area contributed by atoms with E-state index in [1.54, 1.807) is 24.3 Å². The second kappa shape index (κ2) is 7.28. The van der Waals surface area contributed by atoms with Gasteiger partial charge in [0.2, 0.25) is 0 Å². The number of hydrogen-bond acceptors (Lipinski definition) is 4. The molecule has 0 bridgehead atoms. The standard InChI is InChI=1S/C18H17NO3/c1-13-3-4-14(2)16(9-13)11-22-18(20)12-21-17-7-5-15(10-19)6-8-17/h3-9H,11-12H2,1-2H3. The molecular formula is C18H17NO3. The van der Waals surface area contributed by atoms with Crippen molar-refractivity contribution in [3.8, 4) is 11.8 Å². The first-order valence-electron chi connectivity index (χ1n) is 6.93. The molecule has 0 radical (unpaired) electrons. The summed E-state index contributed by atoms with van der Waals surface area (Å²) in [6, 6.07) is 14.6. The molecule has 0 unspecified atom stereocenters. The number of nitrogens with zero attached hydrogens (tertiary/aromatic N) is 1. The number of hydrogen-bond donors (Lipinski definition) is 0. The summed E-state index contributed by atoms with van der Waals surface area (Å²) in [6.07, 6.45) is 0. The molecule has 0 aliphatic rings. The highest BCUT2D eigenvalue weighted by atomic mass is 16.6. The van der Waals surface area contributed by atoms with Gasteiger partial charge in [-0.2, -0.15) is 5.26 Å². The Balaban J connectivity index is 1.83. The normalized spacial score (nSPS) is 9.86. The fraction of sp³-hybridized carbons (Fsp3) is 0.222. The van der Waals surface area contributed by atoms with Crippen molar-refractivity contribution < 1.29 is 14.3 Å². The molecule has 0 aliphatic heterocycles. The Kier molecular flexibility index (Phi) is 5.16. The summed E-state index contributed by atoms with van der Waals surface area (Å²) in [5.74, 6) is 0.105. The first kappa shape index (κ1) is 15.6. The molecule has 0 saturated heterocycles. The summed E-state index contributed by atoms with van der Waals surface area (Å²) in [6.45, 7) is 4.06. The van der Waals surface area contributed by atoms with E-state index in [1.165, 1.54) is 0 Å². The lowest BCUT2D eigenvalue weighted by atomic mass is 10.1. The smallest absolute Gasteiger partial charge is 0.344 e. The van der Waals surface area contributed by atoms with Crippen molar-refractivity contribution >= 4 is 5.97 Å². The van der Waals surface area contributed by atoms with Crippen molar-refractivity contribution in [1.29, 1.82) is 5.26 Å². The van der Waals surface area contributed by atoms with Crippen LogP contribution < -0.4 is 4.74 Å². The zero-order chi connectivity index (χ0) is 15.9. The average molecular weight is 295 g/mol. The van der Waals surface area contributed by atoms with Crippen molar-refractivity contribution in [1.82, 2.24) is 0 Å². The molecule has 0 heterocycles. The van der Waals surface area contributed by atoms with Crippen LogP contribution in [0.4, 0.5) is 0 Å². The van der Waals surface area contributed by atoms with Crippen LogP contribution in [0.5, 0.6) is 5.75 Å². The fourth-order valence-electron chi connectivity index (χ4n) is 1.92. The number of carbonyl (C=O) groups excluding carboxylic acids is 1. The van der Waals surface area contributed by atoms with Crippen LogP contribution in [-0.2, 0) is 16.1 Å². The van der Waals surface area contributed by atoms with Gasteiger partial charge in [-0.05, 0) is 49.2 Å². The molecule has 0 atom stereocenters. The summed E-state index contributed by atoms with van der Waals surface area (Å²) in [5, 5.41) is 8.70. The van der Waals surface area contributed by atoms with E-state index in [1.807, 2.05) is 38.1 Å². The third-order valence-electron chi connectivity index (χ3n) is 3.23. The van der Waals surface area contributed by atoms with Crippen molar-refractivity contribution in [2.24, 2.45) is 0 Å². The minimum atomic E-state index is -0.426. The molecule has 22 heavy (non-hydrogen) atoms. The number of aryl methyl sites for hydroxylation is 2. The van der Waals surface area contributed by atoms with E-state index >= 15 is 0 Å². The lowest BCUT2D eigenvalue weighted by molar-refractivity contribution is -0.147. The number of ether oxygens (including phenoxy) is 2. The van der Waals surface area contributed by atoms with Crippen LogP contribution in [0.15, 0.2) is 42.5 Å². The first-order chi connectivity index (χ1) is 10.6. The van der Waals surface area contributed by atoms with Crippen LogP contribution in [0.2, 0.25) is 0 Å². The predicted molar refractivity (Wildman–Crippen MR) is 82.4 cm³/mol. The number of benzene rings is 2. The van der Waals surface area contributed by atoms with Gasteiger partial charge in [0.1, 0.15) is 12.4 Å². The van der Waals surface area contributed by atoms with E-state index < -0.39 is 5.97 Å². The Hall–Kier alpha value is -2.80. The van der Waals surface area contributed by atoms with Crippen LogP contribution in [0.1, 0.15) is 22.3 Å². The van der Waals surface area contributed by atoms with Gasteiger partial charge in [0.25, 0.3) is 0 Å². The summed E-state index contributed by atoms with van der Waals surface area (Å²) >= 11 is 0. The molecule has 112 valence electrons. The van der Waals surface area contributed by atoms with Crippen molar-refractivity contribution in [2.45, 2.75) is 20.5 Å². The lowest BCUT2D eigenvalue weighted by Gasteiger charge is -2.09. The topological polar surface area (TPSA) is 59.3 Å². The Bertz CT molecular complexity index is 699. The van der Waals surface area contributed by atoms with Gasteiger partial charge in [-0.25, -0.2) is 4.79 Å². The quantitative estimate of drug-likeness (QED) is 0.794. The Morgan fingerprint density at radius 2 is 1.86 bits per heavy atom. The number of carbonyl (C=O) groups is 1. The van der Waals surface area contributed by atoms with Crippen LogP contribution in [0.25, 0.3) is 0 Å². The first-order valence-corrected chi connectivity index (χ1v) is 6.93. The van der Waals surface area contributed by atoms with Gasteiger partial charge in [0.05, 0.1) is 11.6 Å². The van der Waals surface area contributed by atoms with E-state index in [0.717, 1.165) is 16.7 Å². The minimum Gasteiger partial charge on any atom is -0.482 e. The van der Waals surface area contributed by atoms with Gasteiger partial charge in [-0.3, -0.25) is 0 Å². The maximum absolute atomic E-state index is 11.7. The maximum atomic E-state index is 11.7. The Morgan fingerprint density at radius 3 is 2.55 bits per heavy atom. The van der Waals surface area contributed by atoms with Gasteiger partial charge < -0.3 is 9.47 Å². The Morgan fingerprint density at radius 1 is 1.14 bits per heavy atom. The molecular weight excluding hydrogens is 278 g/mol. The van der Waals surface area contributed by atoms with E-state index in [2.05, 4.69) is 0 Å². The molecule has 0 amide bonds. The molecule has 0 aromatic heterocycles. The van der Waals surface area contributed by atoms with Crippen LogP contribution in [-0.4, -0.2) is 12.6 Å². The number of nitriles is 1. The molecule has 4 heteroatoms. The Labute approximate surface area is 129 Å². The zero-order valence-corrected chi connectivity index (χ0v) is 12.6. The minimum absolute atomic E-state index is 0.156. The molecule has 0 N–H and O–H groups in total. The van der Waals surface area contributed by atoms with Crippen molar-refractivity contribution in [3.63, 3.8) is 0 Å². The molecule has 0 saturated carbocycles. The molecule has 2 aromatic carbocycles. The lowest BCUT2D eigenvalue weighted by Crippen LogP contribution is -2.15. The molecule has 2 rings (SSSR count). The largest absolute Gasteiger partial charge is 0.482 e.